The van der Waals surface area contributed by atoms with E-state index in [1.165, 1.54) is 13.8 Å². The van der Waals surface area contributed by atoms with Gasteiger partial charge in [0, 0.05) is 0 Å². The van der Waals surface area contributed by atoms with Gasteiger partial charge in [0.25, 0.3) is 0 Å². The summed E-state index contributed by atoms with van der Waals surface area (Å²) in [4.78, 5) is 22.3. The van der Waals surface area contributed by atoms with Crippen LogP contribution in [-0.2, 0) is 19.6 Å². The Labute approximate surface area is 103 Å². The molecular formula is C9H11N3O5S. The van der Waals surface area contributed by atoms with Gasteiger partial charge in [-0.15, -0.1) is 0 Å². The van der Waals surface area contributed by atoms with Gasteiger partial charge in [-0.2, -0.15) is 4.31 Å². The molecule has 2 amide bonds. The van der Waals surface area contributed by atoms with Gasteiger partial charge in [0.15, 0.2) is 5.76 Å². The maximum absolute atomic E-state index is 12.3. The number of carbonyl (C=O) groups excluding carboxylic acids is 2. The molecule has 1 fully saturated rings. The van der Waals surface area contributed by atoms with E-state index in [1.54, 1.807) is 0 Å². The highest BCUT2D eigenvalue weighted by atomic mass is 32.2. The molecule has 0 unspecified atom stereocenters. The number of piperazine rings is 1. The fourth-order valence-corrected chi connectivity index (χ4v) is 3.40. The van der Waals surface area contributed by atoms with Crippen molar-refractivity contribution in [2.24, 2.45) is 0 Å². The number of amides is 2. The van der Waals surface area contributed by atoms with Crippen LogP contribution in [0.3, 0.4) is 0 Å². The number of aryl methyl sites for hydroxylation is 2. The quantitative estimate of drug-likeness (QED) is 0.688. The number of hydrogen-bond donors (Lipinski definition) is 1. The first kappa shape index (κ1) is 12.7. The zero-order valence-electron chi connectivity index (χ0n) is 9.76. The molecule has 0 bridgehead atoms. The summed E-state index contributed by atoms with van der Waals surface area (Å²) in [6.07, 6.45) is 0. The van der Waals surface area contributed by atoms with Crippen LogP contribution in [0.5, 0.6) is 0 Å². The summed E-state index contributed by atoms with van der Waals surface area (Å²) in [7, 11) is -3.95. The molecular weight excluding hydrogens is 262 g/mol. The van der Waals surface area contributed by atoms with Crippen molar-refractivity contribution in [1.29, 1.82) is 0 Å². The van der Waals surface area contributed by atoms with E-state index < -0.39 is 34.9 Å². The maximum Gasteiger partial charge on any atom is 0.249 e. The van der Waals surface area contributed by atoms with Crippen LogP contribution >= 0.6 is 0 Å². The van der Waals surface area contributed by atoms with Gasteiger partial charge in [-0.25, -0.2) is 8.42 Å². The molecule has 1 aliphatic heterocycles. The van der Waals surface area contributed by atoms with E-state index in [0.29, 0.717) is 0 Å². The Balaban J connectivity index is 2.43. The number of rotatable bonds is 2. The summed E-state index contributed by atoms with van der Waals surface area (Å²) in [5.41, 5.74) is 0.200. The standard InChI is InChI=1S/C9H11N3O5S/c1-5-9(6(2)17-11-5)18(15,16)12-3-7(13)10-8(14)4-12/h3-4H2,1-2H3,(H,10,13,14). The Bertz CT molecular complexity index is 583. The smallest absolute Gasteiger partial charge is 0.249 e. The summed E-state index contributed by atoms with van der Waals surface area (Å²) in [5.74, 6) is -1.17. The number of hydrogen-bond acceptors (Lipinski definition) is 6. The lowest BCUT2D eigenvalue weighted by molar-refractivity contribution is -0.134. The fraction of sp³-hybridized carbons (Fsp3) is 0.444. The number of nitrogens with zero attached hydrogens (tertiary/aromatic N) is 2. The Morgan fingerprint density at radius 3 is 2.22 bits per heavy atom. The average Bonchev–Trinajstić information content (AvgIpc) is 2.57. The average molecular weight is 273 g/mol. The minimum Gasteiger partial charge on any atom is -0.360 e. The molecule has 98 valence electrons. The van der Waals surface area contributed by atoms with Crippen molar-refractivity contribution in [2.45, 2.75) is 18.7 Å². The third-order valence-corrected chi connectivity index (χ3v) is 4.52. The van der Waals surface area contributed by atoms with Gasteiger partial charge in [-0.3, -0.25) is 14.9 Å². The number of sulfonamides is 1. The second kappa shape index (κ2) is 4.18. The molecule has 1 aromatic rings. The van der Waals surface area contributed by atoms with E-state index in [4.69, 9.17) is 4.52 Å². The lowest BCUT2D eigenvalue weighted by atomic mass is 10.4. The second-order valence-corrected chi connectivity index (χ2v) is 5.77. The summed E-state index contributed by atoms with van der Waals surface area (Å²) in [6.45, 7) is 2.16. The van der Waals surface area contributed by atoms with Crippen molar-refractivity contribution in [1.82, 2.24) is 14.8 Å². The molecule has 9 heteroatoms. The highest BCUT2D eigenvalue weighted by Crippen LogP contribution is 2.23. The first-order chi connectivity index (χ1) is 8.32. The SMILES string of the molecule is Cc1noc(C)c1S(=O)(=O)N1CC(=O)NC(=O)C1. The van der Waals surface area contributed by atoms with Gasteiger partial charge in [0.2, 0.25) is 21.8 Å². The molecule has 0 saturated carbocycles. The molecule has 1 N–H and O–H groups in total. The zero-order valence-corrected chi connectivity index (χ0v) is 10.6. The van der Waals surface area contributed by atoms with Crippen molar-refractivity contribution in [3.63, 3.8) is 0 Å². The lowest BCUT2D eigenvalue weighted by Crippen LogP contribution is -2.53. The molecule has 0 spiro atoms. The van der Waals surface area contributed by atoms with Gasteiger partial charge < -0.3 is 4.52 Å². The van der Waals surface area contributed by atoms with Gasteiger partial charge >= 0.3 is 0 Å². The molecule has 18 heavy (non-hydrogen) atoms. The van der Waals surface area contributed by atoms with Crippen LogP contribution in [0.25, 0.3) is 0 Å². The number of aromatic nitrogens is 1. The van der Waals surface area contributed by atoms with Gasteiger partial charge in [-0.1, -0.05) is 5.16 Å². The summed E-state index contributed by atoms with van der Waals surface area (Å²) < 4.78 is 30.1. The molecule has 2 heterocycles. The topological polar surface area (TPSA) is 110 Å². The number of nitrogens with one attached hydrogen (secondary N) is 1. The van der Waals surface area contributed by atoms with Gasteiger partial charge in [0.1, 0.15) is 10.6 Å². The van der Waals surface area contributed by atoms with E-state index in [1.807, 2.05) is 5.32 Å². The van der Waals surface area contributed by atoms with Crippen LogP contribution in [0.2, 0.25) is 0 Å². The molecule has 0 aliphatic carbocycles. The zero-order chi connectivity index (χ0) is 13.5. The first-order valence-electron chi connectivity index (χ1n) is 5.08. The predicted molar refractivity (Wildman–Crippen MR) is 57.9 cm³/mol. The third-order valence-electron chi connectivity index (χ3n) is 2.48. The normalized spacial score (nSPS) is 17.9. The van der Waals surface area contributed by atoms with E-state index in [9.17, 15) is 18.0 Å². The Morgan fingerprint density at radius 1 is 1.22 bits per heavy atom. The lowest BCUT2D eigenvalue weighted by Gasteiger charge is -2.24. The molecule has 0 aromatic carbocycles. The molecule has 0 radical (unpaired) electrons. The van der Waals surface area contributed by atoms with Crippen LogP contribution in [0.15, 0.2) is 9.42 Å². The molecule has 1 saturated heterocycles. The van der Waals surface area contributed by atoms with Crippen LogP contribution in [-0.4, -0.2) is 42.8 Å². The van der Waals surface area contributed by atoms with Crippen molar-refractivity contribution in [3.05, 3.63) is 11.5 Å². The summed E-state index contributed by atoms with van der Waals surface area (Å²) in [6, 6.07) is 0. The Morgan fingerprint density at radius 2 is 1.78 bits per heavy atom. The van der Waals surface area contributed by atoms with E-state index in [-0.39, 0.29) is 16.3 Å². The Kier molecular flexibility index (Phi) is 2.95. The van der Waals surface area contributed by atoms with Crippen molar-refractivity contribution < 1.29 is 22.5 Å². The molecule has 1 aromatic heterocycles. The van der Waals surface area contributed by atoms with Crippen LogP contribution < -0.4 is 5.32 Å². The third kappa shape index (κ3) is 2.02. The van der Waals surface area contributed by atoms with Crippen molar-refractivity contribution in [2.75, 3.05) is 13.1 Å². The highest BCUT2D eigenvalue weighted by Gasteiger charge is 2.36. The van der Waals surface area contributed by atoms with Crippen molar-refractivity contribution >= 4 is 21.8 Å². The Hall–Kier alpha value is -1.74. The van der Waals surface area contributed by atoms with Crippen LogP contribution in [0.4, 0.5) is 0 Å². The maximum atomic E-state index is 12.3. The molecule has 1 aliphatic rings. The van der Waals surface area contributed by atoms with Crippen molar-refractivity contribution in [3.8, 4) is 0 Å². The highest BCUT2D eigenvalue weighted by molar-refractivity contribution is 7.89. The predicted octanol–water partition coefficient (Wildman–Crippen LogP) is -1.06. The number of imide groups is 1. The van der Waals surface area contributed by atoms with E-state index in [2.05, 4.69) is 5.16 Å². The monoisotopic (exact) mass is 273 g/mol. The fourth-order valence-electron chi connectivity index (χ4n) is 1.75. The second-order valence-electron chi connectivity index (χ2n) is 3.90. The first-order valence-corrected chi connectivity index (χ1v) is 6.52. The largest absolute Gasteiger partial charge is 0.360 e. The van der Waals surface area contributed by atoms with E-state index in [0.717, 1.165) is 4.31 Å². The number of carbonyl (C=O) groups is 2. The minimum atomic E-state index is -3.95. The van der Waals surface area contributed by atoms with Gasteiger partial charge in [-0.05, 0) is 13.8 Å². The summed E-state index contributed by atoms with van der Waals surface area (Å²) >= 11 is 0. The summed E-state index contributed by atoms with van der Waals surface area (Å²) in [5, 5.41) is 5.58. The van der Waals surface area contributed by atoms with Crippen LogP contribution in [0, 0.1) is 13.8 Å². The van der Waals surface area contributed by atoms with Crippen LogP contribution in [0.1, 0.15) is 11.5 Å². The molecule has 2 rings (SSSR count). The minimum absolute atomic E-state index is 0.0926. The van der Waals surface area contributed by atoms with E-state index >= 15 is 0 Å². The molecule has 8 nitrogen and oxygen atoms in total. The molecule has 0 atom stereocenters. The van der Waals surface area contributed by atoms with Gasteiger partial charge in [0.05, 0.1) is 13.1 Å².